The fraction of sp³-hybridized carbons (Fsp3) is 0.125. The van der Waals surface area contributed by atoms with Crippen molar-refractivity contribution in [2.45, 2.75) is 6.92 Å². The molecule has 2 aromatic rings. The van der Waals surface area contributed by atoms with Crippen LogP contribution in [0.2, 0.25) is 0 Å². The van der Waals surface area contributed by atoms with Crippen LogP contribution in [0, 0.1) is 11.8 Å². The molecule has 60 valence electrons. The zero-order valence-corrected chi connectivity index (χ0v) is 6.53. The summed E-state index contributed by atoms with van der Waals surface area (Å²) in [4.78, 5) is 10.2. The third-order valence-electron chi connectivity index (χ3n) is 1.83. The highest BCUT2D eigenvalue weighted by Gasteiger charge is 2.01. The average molecular weight is 161 g/mol. The normalized spacial score (nSPS) is 10.4. The molecular weight excluding hydrogens is 154 g/mol. The van der Waals surface area contributed by atoms with Crippen LogP contribution in [0.25, 0.3) is 10.9 Å². The second-order valence-electron chi connectivity index (χ2n) is 2.64. The molecule has 0 aliphatic rings. The molecule has 0 spiro atoms. The van der Waals surface area contributed by atoms with E-state index in [4.69, 9.17) is 0 Å². The monoisotopic (exact) mass is 161 g/mol. The molecule has 2 rings (SSSR count). The van der Waals surface area contributed by atoms with Gasteiger partial charge in [0.05, 0.1) is 5.52 Å². The number of hydrogen-bond donors (Lipinski definition) is 1. The van der Waals surface area contributed by atoms with Crippen molar-refractivity contribution in [2.24, 2.45) is 5.18 Å². The Morgan fingerprint density at radius 3 is 3.08 bits per heavy atom. The van der Waals surface area contributed by atoms with Gasteiger partial charge in [-0.25, -0.2) is 0 Å². The minimum absolute atomic E-state index is 0.411. The maximum Gasteiger partial charge on any atom is 0.110 e. The van der Waals surface area contributed by atoms with Gasteiger partial charge in [0.1, 0.15) is 5.69 Å². The Labute approximate surface area is 68.6 Å². The molecule has 0 saturated heterocycles. The first-order chi connectivity index (χ1) is 5.81. The molecule has 4 nitrogen and oxygen atoms in total. The number of nitroso groups, excluding NO2 is 1. The number of aryl methyl sites for hydroxylation is 1. The minimum atomic E-state index is 0.411. The van der Waals surface area contributed by atoms with E-state index in [0.29, 0.717) is 5.69 Å². The highest BCUT2D eigenvalue weighted by Crippen LogP contribution is 2.20. The first-order valence-corrected chi connectivity index (χ1v) is 3.59. The van der Waals surface area contributed by atoms with E-state index in [2.05, 4.69) is 15.4 Å². The molecule has 0 amide bonds. The van der Waals surface area contributed by atoms with E-state index < -0.39 is 0 Å². The predicted molar refractivity (Wildman–Crippen MR) is 46.3 cm³/mol. The van der Waals surface area contributed by atoms with Gasteiger partial charge in [-0.2, -0.15) is 5.10 Å². The van der Waals surface area contributed by atoms with Gasteiger partial charge in [0.25, 0.3) is 0 Å². The van der Waals surface area contributed by atoms with E-state index in [1.54, 1.807) is 12.1 Å². The molecule has 0 bridgehead atoms. The standard InChI is InChI=1S/C8H7N3O/c1-5-7-3-2-6(11-12)4-8(7)10-9-5/h2-4H,1H3,(H,9,10). The Hall–Kier alpha value is -1.71. The number of nitrogens with one attached hydrogen (secondary N) is 1. The molecule has 0 fully saturated rings. The van der Waals surface area contributed by atoms with Crippen LogP contribution in [0.1, 0.15) is 5.69 Å². The van der Waals surface area contributed by atoms with Crippen molar-refractivity contribution in [1.29, 1.82) is 0 Å². The smallest absolute Gasteiger partial charge is 0.110 e. The molecule has 0 aliphatic carbocycles. The largest absolute Gasteiger partial charge is 0.282 e. The van der Waals surface area contributed by atoms with E-state index in [-0.39, 0.29) is 0 Å². The van der Waals surface area contributed by atoms with Gasteiger partial charge in [-0.1, -0.05) is 0 Å². The van der Waals surface area contributed by atoms with Gasteiger partial charge in [0.2, 0.25) is 0 Å². The van der Waals surface area contributed by atoms with Crippen LogP contribution in [-0.2, 0) is 0 Å². The predicted octanol–water partition coefficient (Wildman–Crippen LogP) is 2.27. The molecule has 1 aromatic heterocycles. The van der Waals surface area contributed by atoms with Crippen molar-refractivity contribution in [3.8, 4) is 0 Å². The topological polar surface area (TPSA) is 58.1 Å². The molecule has 0 atom stereocenters. The summed E-state index contributed by atoms with van der Waals surface area (Å²) in [6, 6.07) is 5.18. The molecule has 0 radical (unpaired) electrons. The van der Waals surface area contributed by atoms with Crippen LogP contribution in [0.4, 0.5) is 5.69 Å². The number of hydrogen-bond acceptors (Lipinski definition) is 3. The highest BCUT2D eigenvalue weighted by molar-refractivity contribution is 5.83. The van der Waals surface area contributed by atoms with Crippen LogP contribution >= 0.6 is 0 Å². The lowest BCUT2D eigenvalue weighted by Crippen LogP contribution is -1.68. The molecule has 12 heavy (non-hydrogen) atoms. The van der Waals surface area contributed by atoms with Crippen LogP contribution in [0.3, 0.4) is 0 Å². The second kappa shape index (κ2) is 2.41. The molecule has 0 aliphatic heterocycles. The number of aromatic amines is 1. The van der Waals surface area contributed by atoms with Crippen molar-refractivity contribution in [1.82, 2.24) is 10.2 Å². The lowest BCUT2D eigenvalue weighted by molar-refractivity contribution is 1.07. The first-order valence-electron chi connectivity index (χ1n) is 3.59. The second-order valence-corrected chi connectivity index (χ2v) is 2.64. The van der Waals surface area contributed by atoms with Gasteiger partial charge in [0.15, 0.2) is 0 Å². The van der Waals surface area contributed by atoms with Gasteiger partial charge in [-0.3, -0.25) is 5.10 Å². The number of benzene rings is 1. The summed E-state index contributed by atoms with van der Waals surface area (Å²) >= 11 is 0. The van der Waals surface area contributed by atoms with Crippen molar-refractivity contribution in [3.05, 3.63) is 28.8 Å². The summed E-state index contributed by atoms with van der Waals surface area (Å²) in [5.74, 6) is 0. The number of H-pyrrole nitrogens is 1. The lowest BCUT2D eigenvalue weighted by atomic mass is 10.2. The zero-order chi connectivity index (χ0) is 8.55. The number of nitrogens with zero attached hydrogens (tertiary/aromatic N) is 2. The summed E-state index contributed by atoms with van der Waals surface area (Å²) in [5.41, 5.74) is 2.20. The lowest BCUT2D eigenvalue weighted by Gasteiger charge is -1.88. The maximum atomic E-state index is 10.2. The summed E-state index contributed by atoms with van der Waals surface area (Å²) in [5, 5.41) is 10.7. The SMILES string of the molecule is Cc1[nH]nc2cc(N=O)ccc12. The van der Waals surface area contributed by atoms with E-state index >= 15 is 0 Å². The van der Waals surface area contributed by atoms with Gasteiger partial charge >= 0.3 is 0 Å². The van der Waals surface area contributed by atoms with Crippen LogP contribution in [0.5, 0.6) is 0 Å². The quantitative estimate of drug-likeness (QED) is 0.652. The molecular formula is C8H7N3O. The first kappa shape index (κ1) is 6.97. The molecule has 0 unspecified atom stereocenters. The van der Waals surface area contributed by atoms with Crippen molar-refractivity contribution < 1.29 is 0 Å². The minimum Gasteiger partial charge on any atom is -0.282 e. The Morgan fingerprint density at radius 2 is 2.33 bits per heavy atom. The van der Waals surface area contributed by atoms with Crippen LogP contribution in [0.15, 0.2) is 23.4 Å². The fourth-order valence-electron chi connectivity index (χ4n) is 1.19. The Bertz CT molecular complexity index is 433. The van der Waals surface area contributed by atoms with E-state index in [1.807, 2.05) is 13.0 Å². The fourth-order valence-corrected chi connectivity index (χ4v) is 1.19. The number of aromatic nitrogens is 2. The molecule has 4 heteroatoms. The molecule has 1 N–H and O–H groups in total. The van der Waals surface area contributed by atoms with Gasteiger partial charge in [-0.15, -0.1) is 4.91 Å². The summed E-state index contributed by atoms with van der Waals surface area (Å²) in [6.07, 6.45) is 0. The Kier molecular flexibility index (Phi) is 1.40. The van der Waals surface area contributed by atoms with E-state index in [1.165, 1.54) is 0 Å². The summed E-state index contributed by atoms with van der Waals surface area (Å²) in [6.45, 7) is 1.93. The van der Waals surface area contributed by atoms with Crippen LogP contribution in [-0.4, -0.2) is 10.2 Å². The van der Waals surface area contributed by atoms with Gasteiger partial charge in [-0.05, 0) is 30.3 Å². The third kappa shape index (κ3) is 0.887. The van der Waals surface area contributed by atoms with Crippen molar-refractivity contribution >= 4 is 16.6 Å². The Morgan fingerprint density at radius 1 is 1.50 bits per heavy atom. The molecule has 1 aromatic carbocycles. The Balaban J connectivity index is 2.77. The molecule has 0 saturated carbocycles. The third-order valence-corrected chi connectivity index (χ3v) is 1.83. The van der Waals surface area contributed by atoms with Crippen molar-refractivity contribution in [3.63, 3.8) is 0 Å². The zero-order valence-electron chi connectivity index (χ0n) is 6.53. The average Bonchev–Trinajstić information content (AvgIpc) is 2.47. The number of rotatable bonds is 1. The van der Waals surface area contributed by atoms with Gasteiger partial charge < -0.3 is 0 Å². The van der Waals surface area contributed by atoms with Crippen LogP contribution < -0.4 is 0 Å². The van der Waals surface area contributed by atoms with E-state index in [0.717, 1.165) is 16.6 Å². The number of fused-ring (bicyclic) bond motifs is 1. The summed E-state index contributed by atoms with van der Waals surface area (Å²) < 4.78 is 0. The summed E-state index contributed by atoms with van der Waals surface area (Å²) in [7, 11) is 0. The van der Waals surface area contributed by atoms with Crippen molar-refractivity contribution in [2.75, 3.05) is 0 Å². The van der Waals surface area contributed by atoms with E-state index in [9.17, 15) is 4.91 Å². The maximum absolute atomic E-state index is 10.2. The van der Waals surface area contributed by atoms with Gasteiger partial charge in [0, 0.05) is 11.1 Å². The molecule has 1 heterocycles. The highest BCUT2D eigenvalue weighted by atomic mass is 16.3.